The van der Waals surface area contributed by atoms with Crippen molar-refractivity contribution in [1.82, 2.24) is 10.6 Å². The van der Waals surface area contributed by atoms with E-state index in [9.17, 15) is 19.2 Å². The fourth-order valence-corrected chi connectivity index (χ4v) is 4.18. The maximum absolute atomic E-state index is 12.0. The largest absolute Gasteiger partial charge is 0.481 e. The topological polar surface area (TPSA) is 157 Å². The minimum atomic E-state index is -0.690. The highest BCUT2D eigenvalue weighted by atomic mass is 16.6. The first kappa shape index (κ1) is 40.9. The number of rotatable bonds is 28. The second-order valence-corrected chi connectivity index (χ2v) is 10.2. The van der Waals surface area contributed by atoms with Gasteiger partial charge >= 0.3 is 11.9 Å². The van der Waals surface area contributed by atoms with Crippen molar-refractivity contribution in [2.24, 2.45) is 5.73 Å². The third-order valence-electron chi connectivity index (χ3n) is 6.47. The molecule has 0 aromatic carbocycles. The number of amides is 2. The van der Waals surface area contributed by atoms with Crippen LogP contribution >= 0.6 is 0 Å². The Bertz CT molecular complexity index is 647. The maximum atomic E-state index is 12.0. The van der Waals surface area contributed by atoms with Crippen molar-refractivity contribution in [3.63, 3.8) is 0 Å². The number of carboxylic acid groups (broad SMARTS) is 1. The first-order valence-electron chi connectivity index (χ1n) is 16.1. The number of nitrogens with two attached hydrogens (primary N) is 1. The van der Waals surface area contributed by atoms with Gasteiger partial charge in [-0.1, -0.05) is 90.9 Å². The molecule has 2 amide bonds. The highest BCUT2D eigenvalue weighted by molar-refractivity contribution is 5.81. The molecule has 0 rings (SSSR count). The van der Waals surface area contributed by atoms with Crippen LogP contribution in [0.15, 0.2) is 0 Å². The Balaban J connectivity index is 0. The molecule has 0 fully saturated rings. The molecule has 0 aliphatic carbocycles. The standard InChI is InChI=1S/C29H55N3O7.C2H6/c1-25(33)39-24-23-38-22-21-32-29(37)26(30)17-16-20-31-27(34)18-14-12-10-8-6-4-2-3-5-7-9-11-13-15-19-28(35)36;1-2/h26H,2-24,30H2,1H3,(H,31,34)(H,32,37)(H,35,36);1-2H3. The van der Waals surface area contributed by atoms with E-state index in [0.717, 1.165) is 32.1 Å². The van der Waals surface area contributed by atoms with Crippen LogP contribution in [0.4, 0.5) is 0 Å². The minimum Gasteiger partial charge on any atom is -0.481 e. The lowest BCUT2D eigenvalue weighted by Gasteiger charge is -2.13. The summed E-state index contributed by atoms with van der Waals surface area (Å²) in [6.07, 6.45) is 18.2. The summed E-state index contributed by atoms with van der Waals surface area (Å²) >= 11 is 0. The van der Waals surface area contributed by atoms with E-state index in [1.165, 1.54) is 64.7 Å². The molecule has 0 saturated heterocycles. The van der Waals surface area contributed by atoms with Crippen LogP contribution in [0.2, 0.25) is 0 Å². The molecule has 0 radical (unpaired) electrons. The molecule has 0 heterocycles. The van der Waals surface area contributed by atoms with Crippen LogP contribution in [0.5, 0.6) is 0 Å². The van der Waals surface area contributed by atoms with Gasteiger partial charge in [-0.3, -0.25) is 19.2 Å². The quantitative estimate of drug-likeness (QED) is 0.0713. The summed E-state index contributed by atoms with van der Waals surface area (Å²) in [5.74, 6) is -1.23. The van der Waals surface area contributed by atoms with Crippen molar-refractivity contribution in [2.45, 2.75) is 142 Å². The van der Waals surface area contributed by atoms with E-state index in [2.05, 4.69) is 10.6 Å². The van der Waals surface area contributed by atoms with Crippen LogP contribution < -0.4 is 16.4 Å². The fourth-order valence-electron chi connectivity index (χ4n) is 4.18. The summed E-state index contributed by atoms with van der Waals surface area (Å²) in [6, 6.07) is -0.621. The predicted molar refractivity (Wildman–Crippen MR) is 164 cm³/mol. The first-order valence-corrected chi connectivity index (χ1v) is 16.1. The van der Waals surface area contributed by atoms with E-state index < -0.39 is 12.0 Å². The van der Waals surface area contributed by atoms with E-state index in [4.69, 9.17) is 20.3 Å². The third kappa shape index (κ3) is 33.9. The Labute approximate surface area is 249 Å². The van der Waals surface area contributed by atoms with Crippen LogP contribution in [0.1, 0.15) is 136 Å². The minimum absolute atomic E-state index is 0.0563. The molecule has 5 N–H and O–H groups in total. The molecule has 10 heteroatoms. The third-order valence-corrected chi connectivity index (χ3v) is 6.47. The zero-order chi connectivity index (χ0) is 31.0. The van der Waals surface area contributed by atoms with Gasteiger partial charge in [-0.15, -0.1) is 0 Å². The van der Waals surface area contributed by atoms with Gasteiger partial charge in [-0.2, -0.15) is 0 Å². The van der Waals surface area contributed by atoms with E-state index >= 15 is 0 Å². The van der Waals surface area contributed by atoms with E-state index in [1.807, 2.05) is 13.8 Å². The highest BCUT2D eigenvalue weighted by Crippen LogP contribution is 2.13. The lowest BCUT2D eigenvalue weighted by molar-refractivity contribution is -0.142. The Morgan fingerprint density at radius 2 is 1.15 bits per heavy atom. The van der Waals surface area contributed by atoms with Crippen molar-refractivity contribution in [3.8, 4) is 0 Å². The van der Waals surface area contributed by atoms with Crippen LogP contribution in [-0.2, 0) is 28.7 Å². The number of carbonyl (C=O) groups is 4. The smallest absolute Gasteiger partial charge is 0.303 e. The van der Waals surface area contributed by atoms with Crippen molar-refractivity contribution in [3.05, 3.63) is 0 Å². The van der Waals surface area contributed by atoms with E-state index in [1.54, 1.807) is 0 Å². The number of unbranched alkanes of at least 4 members (excludes halogenated alkanes) is 13. The zero-order valence-electron chi connectivity index (χ0n) is 26.3. The number of aliphatic carboxylic acids is 1. The molecule has 1 unspecified atom stereocenters. The normalized spacial score (nSPS) is 11.2. The molecular formula is C31H61N3O7. The van der Waals surface area contributed by atoms with Gasteiger partial charge in [0.15, 0.2) is 0 Å². The summed E-state index contributed by atoms with van der Waals surface area (Å²) in [4.78, 5) is 45.0. The van der Waals surface area contributed by atoms with Crippen LogP contribution in [0, 0.1) is 0 Å². The predicted octanol–water partition coefficient (Wildman–Crippen LogP) is 5.26. The summed E-state index contributed by atoms with van der Waals surface area (Å²) < 4.78 is 9.98. The summed E-state index contributed by atoms with van der Waals surface area (Å²) in [6.45, 7) is 6.98. The van der Waals surface area contributed by atoms with Gasteiger partial charge in [0.2, 0.25) is 11.8 Å². The molecule has 0 aromatic heterocycles. The second kappa shape index (κ2) is 32.3. The molecule has 0 bridgehead atoms. The van der Waals surface area contributed by atoms with E-state index in [-0.39, 0.29) is 31.0 Å². The molecule has 0 aromatic rings. The molecule has 242 valence electrons. The summed E-state index contributed by atoms with van der Waals surface area (Å²) in [5.41, 5.74) is 5.90. The van der Waals surface area contributed by atoms with Gasteiger partial charge in [0.1, 0.15) is 6.61 Å². The molecule has 41 heavy (non-hydrogen) atoms. The van der Waals surface area contributed by atoms with Crippen LogP contribution in [0.25, 0.3) is 0 Å². The number of carbonyl (C=O) groups excluding carboxylic acids is 3. The van der Waals surface area contributed by atoms with Gasteiger partial charge in [0.05, 0.1) is 19.3 Å². The maximum Gasteiger partial charge on any atom is 0.303 e. The van der Waals surface area contributed by atoms with Gasteiger partial charge in [-0.05, 0) is 25.7 Å². The molecule has 0 aliphatic heterocycles. The van der Waals surface area contributed by atoms with Gasteiger partial charge < -0.3 is 30.9 Å². The van der Waals surface area contributed by atoms with E-state index in [0.29, 0.717) is 45.4 Å². The number of carboxylic acids is 1. The van der Waals surface area contributed by atoms with Gasteiger partial charge in [0, 0.05) is 32.9 Å². The number of esters is 1. The molecule has 1 atom stereocenters. The number of hydrogen-bond donors (Lipinski definition) is 4. The lowest BCUT2D eigenvalue weighted by atomic mass is 10.0. The fraction of sp³-hybridized carbons (Fsp3) is 0.871. The average molecular weight is 588 g/mol. The number of ether oxygens (including phenoxy) is 2. The zero-order valence-corrected chi connectivity index (χ0v) is 26.3. The van der Waals surface area contributed by atoms with Crippen LogP contribution in [-0.4, -0.2) is 67.8 Å². The van der Waals surface area contributed by atoms with Crippen LogP contribution in [0.3, 0.4) is 0 Å². The van der Waals surface area contributed by atoms with Crippen molar-refractivity contribution in [1.29, 1.82) is 0 Å². The first-order chi connectivity index (χ1) is 19.8. The second-order valence-electron chi connectivity index (χ2n) is 10.2. The SMILES string of the molecule is CC.CC(=O)OCCOCCNC(=O)C(N)CCCNC(=O)CCCCCCCCCCCCCCCCC(=O)O. The molecule has 0 spiro atoms. The Kier molecular flexibility index (Phi) is 32.3. The summed E-state index contributed by atoms with van der Waals surface area (Å²) in [7, 11) is 0. The number of nitrogens with one attached hydrogen (secondary N) is 2. The monoisotopic (exact) mass is 587 g/mol. The summed E-state index contributed by atoms with van der Waals surface area (Å²) in [5, 5.41) is 14.2. The Hall–Kier alpha value is -2.20. The molecular weight excluding hydrogens is 526 g/mol. The Morgan fingerprint density at radius 1 is 0.659 bits per heavy atom. The molecule has 0 aliphatic rings. The number of hydrogen-bond acceptors (Lipinski definition) is 7. The average Bonchev–Trinajstić information content (AvgIpc) is 2.95. The van der Waals surface area contributed by atoms with Crippen molar-refractivity contribution < 1.29 is 33.8 Å². The van der Waals surface area contributed by atoms with Crippen molar-refractivity contribution in [2.75, 3.05) is 32.9 Å². The molecule has 0 saturated carbocycles. The highest BCUT2D eigenvalue weighted by Gasteiger charge is 2.12. The van der Waals surface area contributed by atoms with Crippen molar-refractivity contribution >= 4 is 23.8 Å². The lowest BCUT2D eigenvalue weighted by Crippen LogP contribution is -2.42. The molecule has 10 nitrogen and oxygen atoms in total. The Morgan fingerprint density at radius 3 is 1.63 bits per heavy atom. The van der Waals surface area contributed by atoms with Gasteiger partial charge in [0.25, 0.3) is 0 Å². The van der Waals surface area contributed by atoms with Gasteiger partial charge in [-0.25, -0.2) is 0 Å².